The number of aryl methyl sites for hydroxylation is 1. The molecule has 0 spiro atoms. The van der Waals surface area contributed by atoms with Gasteiger partial charge in [-0.1, -0.05) is 6.92 Å². The van der Waals surface area contributed by atoms with Crippen molar-refractivity contribution in [2.24, 2.45) is 0 Å². The van der Waals surface area contributed by atoms with Crippen LogP contribution in [0.1, 0.15) is 24.0 Å². The number of aromatic nitrogens is 2. The van der Waals surface area contributed by atoms with Crippen LogP contribution < -0.4 is 10.2 Å². The Morgan fingerprint density at radius 3 is 2.75 bits per heavy atom. The Bertz CT molecular complexity index is 570. The van der Waals surface area contributed by atoms with Crippen LogP contribution in [0.15, 0.2) is 22.0 Å². The summed E-state index contributed by atoms with van der Waals surface area (Å²) in [6.07, 6.45) is 1.95. The van der Waals surface area contributed by atoms with E-state index in [0.29, 0.717) is 0 Å². The molecular formula is C14H19BrN4S. The number of thiophene rings is 1. The molecule has 2 aromatic rings. The molecular weight excluding hydrogens is 336 g/mol. The number of nitrogens with zero attached hydrogens (tertiary/aromatic N) is 3. The first kappa shape index (κ1) is 15.3. The molecule has 0 aliphatic carbocycles. The minimum Gasteiger partial charge on any atom is -0.373 e. The van der Waals surface area contributed by atoms with Crippen molar-refractivity contribution < 1.29 is 0 Å². The van der Waals surface area contributed by atoms with Crippen molar-refractivity contribution in [1.29, 1.82) is 0 Å². The number of anilines is 2. The molecule has 2 aromatic heterocycles. The van der Waals surface area contributed by atoms with Crippen LogP contribution in [-0.4, -0.2) is 24.1 Å². The fraction of sp³-hybridized carbons (Fsp3) is 0.429. The second kappa shape index (κ2) is 7.04. The van der Waals surface area contributed by atoms with Gasteiger partial charge in [0.05, 0.1) is 6.54 Å². The fourth-order valence-corrected chi connectivity index (χ4v) is 3.40. The molecule has 2 rings (SSSR count). The Labute approximate surface area is 132 Å². The highest BCUT2D eigenvalue weighted by Crippen LogP contribution is 2.23. The molecule has 4 nitrogen and oxygen atoms in total. The maximum atomic E-state index is 4.64. The van der Waals surface area contributed by atoms with Crippen LogP contribution in [-0.2, 0) is 13.0 Å². The summed E-state index contributed by atoms with van der Waals surface area (Å²) in [4.78, 5) is 12.6. The Balaban J connectivity index is 2.19. The first-order valence-corrected chi connectivity index (χ1v) is 8.29. The third-order valence-electron chi connectivity index (χ3n) is 2.89. The van der Waals surface area contributed by atoms with Gasteiger partial charge in [0.1, 0.15) is 17.5 Å². The van der Waals surface area contributed by atoms with Gasteiger partial charge in [-0.3, -0.25) is 0 Å². The first-order valence-electron chi connectivity index (χ1n) is 6.62. The Morgan fingerprint density at radius 1 is 1.35 bits per heavy atom. The second-order valence-corrected chi connectivity index (χ2v) is 6.53. The minimum absolute atomic E-state index is 0.849. The van der Waals surface area contributed by atoms with Crippen LogP contribution in [0.25, 0.3) is 0 Å². The predicted molar refractivity (Wildman–Crippen MR) is 89.7 cm³/mol. The Kier molecular flexibility index (Phi) is 5.37. The molecule has 0 fully saturated rings. The van der Waals surface area contributed by atoms with E-state index in [1.807, 2.05) is 13.1 Å². The van der Waals surface area contributed by atoms with Crippen molar-refractivity contribution >= 4 is 38.9 Å². The summed E-state index contributed by atoms with van der Waals surface area (Å²) in [7, 11) is 3.95. The van der Waals surface area contributed by atoms with E-state index in [0.717, 1.165) is 41.3 Å². The van der Waals surface area contributed by atoms with Crippen LogP contribution in [0, 0.1) is 0 Å². The van der Waals surface area contributed by atoms with Gasteiger partial charge in [-0.2, -0.15) is 0 Å². The van der Waals surface area contributed by atoms with E-state index in [-0.39, 0.29) is 0 Å². The molecule has 0 aromatic carbocycles. The highest BCUT2D eigenvalue weighted by atomic mass is 79.9. The maximum absolute atomic E-state index is 4.64. The van der Waals surface area contributed by atoms with Gasteiger partial charge in [-0.05, 0) is 28.4 Å². The van der Waals surface area contributed by atoms with Crippen LogP contribution in [0.2, 0.25) is 0 Å². The Morgan fingerprint density at radius 2 is 2.15 bits per heavy atom. The van der Waals surface area contributed by atoms with E-state index in [2.05, 4.69) is 61.5 Å². The summed E-state index contributed by atoms with van der Waals surface area (Å²) < 4.78 is 1.14. The zero-order chi connectivity index (χ0) is 14.5. The molecule has 0 radical (unpaired) electrons. The monoisotopic (exact) mass is 354 g/mol. The van der Waals surface area contributed by atoms with E-state index in [4.69, 9.17) is 0 Å². The number of rotatable bonds is 6. The van der Waals surface area contributed by atoms with Gasteiger partial charge < -0.3 is 10.2 Å². The summed E-state index contributed by atoms with van der Waals surface area (Å²) >= 11 is 5.24. The average molecular weight is 355 g/mol. The second-order valence-electron chi connectivity index (χ2n) is 4.61. The van der Waals surface area contributed by atoms with Gasteiger partial charge in [-0.15, -0.1) is 11.3 Å². The van der Waals surface area contributed by atoms with E-state index in [9.17, 15) is 0 Å². The lowest BCUT2D eigenvalue weighted by Crippen LogP contribution is -2.18. The fourth-order valence-electron chi connectivity index (χ4n) is 1.89. The lowest BCUT2D eigenvalue weighted by molar-refractivity contribution is 0.816. The summed E-state index contributed by atoms with van der Waals surface area (Å²) in [5.41, 5.74) is 0. The van der Waals surface area contributed by atoms with Gasteiger partial charge in [-0.25, -0.2) is 9.97 Å². The Hall–Kier alpha value is -1.14. The van der Waals surface area contributed by atoms with E-state index in [1.54, 1.807) is 11.3 Å². The van der Waals surface area contributed by atoms with Crippen LogP contribution in [0.5, 0.6) is 0 Å². The molecule has 0 bridgehead atoms. The molecule has 108 valence electrons. The third kappa shape index (κ3) is 3.93. The van der Waals surface area contributed by atoms with Gasteiger partial charge >= 0.3 is 0 Å². The molecule has 0 saturated carbocycles. The zero-order valence-corrected chi connectivity index (χ0v) is 14.4. The molecule has 0 aliphatic rings. The van der Waals surface area contributed by atoms with Crippen LogP contribution >= 0.6 is 27.3 Å². The third-order valence-corrected chi connectivity index (χ3v) is 4.58. The topological polar surface area (TPSA) is 41.1 Å². The standard InChI is InChI=1S/C14H19BrN4S/c1-4-5-12-17-13(16-2)7-14(18-12)19(3)8-11-6-10(15)9-20-11/h6-7,9H,4-5,8H2,1-3H3,(H,16,17,18). The average Bonchev–Trinajstić information content (AvgIpc) is 2.84. The van der Waals surface area contributed by atoms with Crippen molar-refractivity contribution in [3.05, 3.63) is 32.7 Å². The van der Waals surface area contributed by atoms with Gasteiger partial charge in [0.25, 0.3) is 0 Å². The summed E-state index contributed by atoms with van der Waals surface area (Å²) in [5.74, 6) is 2.73. The van der Waals surface area contributed by atoms with Crippen molar-refractivity contribution in [2.75, 3.05) is 24.3 Å². The number of halogens is 1. The lowest BCUT2D eigenvalue weighted by atomic mass is 10.3. The SMILES string of the molecule is CCCc1nc(NC)cc(N(C)Cc2cc(Br)cs2)n1. The highest BCUT2D eigenvalue weighted by Gasteiger charge is 2.09. The molecule has 0 saturated heterocycles. The molecule has 1 N–H and O–H groups in total. The summed E-state index contributed by atoms with van der Waals surface area (Å²) in [6.45, 7) is 2.99. The quantitative estimate of drug-likeness (QED) is 0.852. The molecule has 0 atom stereocenters. The van der Waals surface area contributed by atoms with E-state index < -0.39 is 0 Å². The largest absolute Gasteiger partial charge is 0.373 e. The molecule has 0 amide bonds. The molecule has 2 heterocycles. The predicted octanol–water partition coefficient (Wildman–Crippen LogP) is 3.93. The summed E-state index contributed by atoms with van der Waals surface area (Å²) in [6, 6.07) is 4.14. The minimum atomic E-state index is 0.849. The maximum Gasteiger partial charge on any atom is 0.134 e. The van der Waals surface area contributed by atoms with Crippen molar-refractivity contribution in [3.63, 3.8) is 0 Å². The van der Waals surface area contributed by atoms with Gasteiger partial charge in [0.2, 0.25) is 0 Å². The molecule has 0 unspecified atom stereocenters. The normalized spacial score (nSPS) is 10.6. The molecule has 0 aliphatic heterocycles. The first-order chi connectivity index (χ1) is 9.62. The number of hydrogen-bond acceptors (Lipinski definition) is 5. The highest BCUT2D eigenvalue weighted by molar-refractivity contribution is 9.10. The number of nitrogens with one attached hydrogen (secondary N) is 1. The van der Waals surface area contributed by atoms with Crippen molar-refractivity contribution in [1.82, 2.24) is 9.97 Å². The van der Waals surface area contributed by atoms with Crippen molar-refractivity contribution in [2.45, 2.75) is 26.3 Å². The summed E-state index contributed by atoms with van der Waals surface area (Å²) in [5, 5.41) is 5.21. The van der Waals surface area contributed by atoms with E-state index >= 15 is 0 Å². The van der Waals surface area contributed by atoms with Gasteiger partial charge in [0.15, 0.2) is 0 Å². The zero-order valence-electron chi connectivity index (χ0n) is 12.0. The van der Waals surface area contributed by atoms with Crippen LogP contribution in [0.4, 0.5) is 11.6 Å². The lowest BCUT2D eigenvalue weighted by Gasteiger charge is -2.18. The number of hydrogen-bond donors (Lipinski definition) is 1. The van der Waals surface area contributed by atoms with Crippen LogP contribution in [0.3, 0.4) is 0 Å². The molecule has 20 heavy (non-hydrogen) atoms. The van der Waals surface area contributed by atoms with E-state index in [1.165, 1.54) is 4.88 Å². The smallest absolute Gasteiger partial charge is 0.134 e. The van der Waals surface area contributed by atoms with Crippen molar-refractivity contribution in [3.8, 4) is 0 Å². The molecule has 6 heteroatoms. The van der Waals surface area contributed by atoms with Gasteiger partial charge in [0, 0.05) is 41.3 Å².